The smallest absolute Gasteiger partial charge is 0.145 e. The van der Waals surface area contributed by atoms with Crippen molar-refractivity contribution in [3.05, 3.63) is 34.9 Å². The normalized spacial score (nSPS) is 11.1. The van der Waals surface area contributed by atoms with Crippen LogP contribution in [0.25, 0.3) is 11.3 Å². The first-order valence-electron chi connectivity index (χ1n) is 5.30. The molecule has 0 aliphatic rings. The molecule has 1 heterocycles. The molecule has 4 nitrogen and oxygen atoms in total. The minimum absolute atomic E-state index is 0.480. The maximum atomic E-state index is 6.24. The van der Waals surface area contributed by atoms with Gasteiger partial charge in [-0.25, -0.2) is 0 Å². The highest BCUT2D eigenvalue weighted by Crippen LogP contribution is 2.25. The van der Waals surface area contributed by atoms with Gasteiger partial charge in [0.1, 0.15) is 5.82 Å². The number of anilines is 1. The summed E-state index contributed by atoms with van der Waals surface area (Å²) in [6.07, 6.45) is 0. The van der Waals surface area contributed by atoms with Crippen LogP contribution >= 0.6 is 11.6 Å². The van der Waals surface area contributed by atoms with Gasteiger partial charge < -0.3 is 10.6 Å². The van der Waals surface area contributed by atoms with Crippen molar-refractivity contribution >= 4 is 17.4 Å². The zero-order chi connectivity index (χ0) is 12.4. The first kappa shape index (κ1) is 12.0. The third-order valence-corrected chi connectivity index (χ3v) is 2.80. The highest BCUT2D eigenvalue weighted by atomic mass is 35.5. The van der Waals surface area contributed by atoms with Crippen molar-refractivity contribution in [1.29, 1.82) is 0 Å². The molecule has 0 fully saturated rings. The molecule has 0 spiro atoms. The van der Waals surface area contributed by atoms with Crippen LogP contribution in [0.1, 0.15) is 5.56 Å². The van der Waals surface area contributed by atoms with Crippen LogP contribution in [0.3, 0.4) is 0 Å². The predicted octanol–water partition coefficient (Wildman–Crippen LogP) is 2.37. The van der Waals surface area contributed by atoms with Gasteiger partial charge in [-0.05, 0) is 25.7 Å². The van der Waals surface area contributed by atoms with E-state index in [4.69, 9.17) is 17.3 Å². The Labute approximate surface area is 105 Å². The number of hydrogen-bond donors (Lipinski definition) is 2. The lowest BCUT2D eigenvalue weighted by Crippen LogP contribution is -2.10. The molecule has 3 N–H and O–H groups in total. The second kappa shape index (κ2) is 4.77. The van der Waals surface area contributed by atoms with Crippen molar-refractivity contribution in [2.24, 2.45) is 0 Å². The number of benzene rings is 1. The van der Waals surface area contributed by atoms with Crippen LogP contribution < -0.4 is 5.73 Å². The van der Waals surface area contributed by atoms with Gasteiger partial charge in [0.2, 0.25) is 0 Å². The summed E-state index contributed by atoms with van der Waals surface area (Å²) >= 11 is 6.24. The Kier molecular flexibility index (Phi) is 3.36. The molecule has 0 unspecified atom stereocenters. The van der Waals surface area contributed by atoms with Crippen molar-refractivity contribution in [2.75, 3.05) is 19.8 Å². The maximum Gasteiger partial charge on any atom is 0.145 e. The molecule has 0 radical (unpaired) electrons. The molecule has 17 heavy (non-hydrogen) atoms. The van der Waals surface area contributed by atoms with E-state index in [9.17, 15) is 0 Å². The van der Waals surface area contributed by atoms with Crippen LogP contribution in [-0.2, 0) is 6.54 Å². The van der Waals surface area contributed by atoms with Gasteiger partial charge in [-0.15, -0.1) is 0 Å². The summed E-state index contributed by atoms with van der Waals surface area (Å²) in [5.41, 5.74) is 8.54. The molecule has 1 aromatic carbocycles. The lowest BCUT2D eigenvalue weighted by atomic mass is 10.1. The summed E-state index contributed by atoms with van der Waals surface area (Å²) in [7, 11) is 4.03. The molecule has 0 saturated carbocycles. The molecular weight excluding hydrogens is 236 g/mol. The molecule has 5 heteroatoms. The summed E-state index contributed by atoms with van der Waals surface area (Å²) in [6.45, 7) is 0.824. The first-order valence-corrected chi connectivity index (χ1v) is 5.68. The van der Waals surface area contributed by atoms with Crippen molar-refractivity contribution < 1.29 is 0 Å². The topological polar surface area (TPSA) is 57.9 Å². The van der Waals surface area contributed by atoms with E-state index < -0.39 is 0 Å². The number of halogens is 1. The van der Waals surface area contributed by atoms with E-state index in [-0.39, 0.29) is 0 Å². The number of hydrogen-bond acceptors (Lipinski definition) is 3. The fourth-order valence-corrected chi connectivity index (χ4v) is 1.91. The molecule has 2 aromatic rings. The number of nitrogens with one attached hydrogen (secondary N) is 1. The molecule has 0 aliphatic heterocycles. The van der Waals surface area contributed by atoms with Gasteiger partial charge in [0.15, 0.2) is 0 Å². The monoisotopic (exact) mass is 250 g/mol. The van der Waals surface area contributed by atoms with E-state index in [1.807, 2.05) is 32.3 Å². The number of nitrogens with two attached hydrogens (primary N) is 1. The third kappa shape index (κ3) is 2.78. The van der Waals surface area contributed by atoms with Gasteiger partial charge in [-0.2, -0.15) is 5.10 Å². The van der Waals surface area contributed by atoms with Crippen LogP contribution in [0.4, 0.5) is 5.82 Å². The zero-order valence-corrected chi connectivity index (χ0v) is 10.6. The third-order valence-electron chi connectivity index (χ3n) is 2.45. The molecule has 1 aromatic heterocycles. The summed E-state index contributed by atoms with van der Waals surface area (Å²) in [5.74, 6) is 0.480. The molecular formula is C12H15ClN4. The number of H-pyrrole nitrogens is 1. The summed E-state index contributed by atoms with van der Waals surface area (Å²) in [5, 5.41) is 7.51. The largest absolute Gasteiger partial charge is 0.382 e. The lowest BCUT2D eigenvalue weighted by molar-refractivity contribution is 0.402. The SMILES string of the molecule is CN(C)Cc1ccc(-c2cc(N)n[nH]2)cc1Cl. The fraction of sp³-hybridized carbons (Fsp3) is 0.250. The van der Waals surface area contributed by atoms with Gasteiger partial charge in [-0.1, -0.05) is 23.7 Å². The minimum atomic E-state index is 0.480. The van der Waals surface area contributed by atoms with Crippen molar-refractivity contribution in [3.63, 3.8) is 0 Å². The molecule has 0 amide bonds. The number of aromatic amines is 1. The van der Waals surface area contributed by atoms with E-state index in [2.05, 4.69) is 15.1 Å². The van der Waals surface area contributed by atoms with E-state index >= 15 is 0 Å². The van der Waals surface area contributed by atoms with Crippen LogP contribution in [-0.4, -0.2) is 29.2 Å². The summed E-state index contributed by atoms with van der Waals surface area (Å²) in [6, 6.07) is 7.75. The molecule has 0 aliphatic carbocycles. The number of nitrogen functional groups attached to an aromatic ring is 1. The Hall–Kier alpha value is -1.52. The standard InChI is InChI=1S/C12H15ClN4/c1-17(2)7-9-4-3-8(5-10(9)13)11-6-12(14)16-15-11/h3-6H,7H2,1-2H3,(H3,14,15,16). The van der Waals surface area contributed by atoms with Crippen LogP contribution in [0.15, 0.2) is 24.3 Å². The van der Waals surface area contributed by atoms with Crippen LogP contribution in [0.5, 0.6) is 0 Å². The number of nitrogens with zero attached hydrogens (tertiary/aromatic N) is 2. The summed E-state index contributed by atoms with van der Waals surface area (Å²) in [4.78, 5) is 2.08. The molecule has 0 bridgehead atoms. The van der Waals surface area contributed by atoms with E-state index in [0.29, 0.717) is 5.82 Å². The second-order valence-electron chi connectivity index (χ2n) is 4.25. The van der Waals surface area contributed by atoms with Gasteiger partial charge in [0.25, 0.3) is 0 Å². The highest BCUT2D eigenvalue weighted by molar-refractivity contribution is 6.31. The Morgan fingerprint density at radius 3 is 2.65 bits per heavy atom. The molecule has 0 atom stereocenters. The first-order chi connectivity index (χ1) is 8.06. The predicted molar refractivity (Wildman–Crippen MR) is 70.8 cm³/mol. The van der Waals surface area contributed by atoms with Gasteiger partial charge in [0, 0.05) is 23.2 Å². The average Bonchev–Trinajstić information content (AvgIpc) is 2.67. The van der Waals surface area contributed by atoms with Gasteiger partial charge in [0.05, 0.1) is 5.69 Å². The van der Waals surface area contributed by atoms with Crippen molar-refractivity contribution in [3.8, 4) is 11.3 Å². The Balaban J connectivity index is 2.30. The molecule has 90 valence electrons. The average molecular weight is 251 g/mol. The second-order valence-corrected chi connectivity index (χ2v) is 4.66. The summed E-state index contributed by atoms with van der Waals surface area (Å²) < 4.78 is 0. The lowest BCUT2D eigenvalue weighted by Gasteiger charge is -2.11. The Morgan fingerprint density at radius 1 is 1.35 bits per heavy atom. The highest BCUT2D eigenvalue weighted by Gasteiger charge is 2.06. The molecule has 0 saturated heterocycles. The van der Waals surface area contributed by atoms with E-state index in [1.54, 1.807) is 6.07 Å². The zero-order valence-electron chi connectivity index (χ0n) is 9.87. The van der Waals surface area contributed by atoms with Crippen molar-refractivity contribution in [2.45, 2.75) is 6.54 Å². The number of rotatable bonds is 3. The van der Waals surface area contributed by atoms with E-state index in [1.165, 1.54) is 0 Å². The van der Waals surface area contributed by atoms with E-state index in [0.717, 1.165) is 28.4 Å². The maximum absolute atomic E-state index is 6.24. The van der Waals surface area contributed by atoms with Gasteiger partial charge in [-0.3, -0.25) is 5.10 Å². The molecule has 2 rings (SSSR count). The quantitative estimate of drug-likeness (QED) is 0.879. The van der Waals surface area contributed by atoms with Gasteiger partial charge >= 0.3 is 0 Å². The van der Waals surface area contributed by atoms with Crippen LogP contribution in [0, 0.1) is 0 Å². The Bertz CT molecular complexity index is 519. The number of aromatic nitrogens is 2. The Morgan fingerprint density at radius 2 is 2.12 bits per heavy atom. The fourth-order valence-electron chi connectivity index (χ4n) is 1.67. The van der Waals surface area contributed by atoms with Crippen molar-refractivity contribution in [1.82, 2.24) is 15.1 Å². The van der Waals surface area contributed by atoms with Crippen LogP contribution in [0.2, 0.25) is 5.02 Å². The minimum Gasteiger partial charge on any atom is -0.382 e.